The summed E-state index contributed by atoms with van der Waals surface area (Å²) in [4.78, 5) is 13.7. The van der Waals surface area contributed by atoms with Crippen LogP contribution in [0.4, 0.5) is 16.2 Å². The molecule has 0 bridgehead atoms. The molecule has 0 amide bonds. The van der Waals surface area contributed by atoms with Crippen LogP contribution in [-0.4, -0.2) is 38.4 Å². The highest BCUT2D eigenvalue weighted by molar-refractivity contribution is 5.99. The Kier molecular flexibility index (Phi) is 5.73. The van der Waals surface area contributed by atoms with E-state index in [1.54, 1.807) is 25.4 Å². The van der Waals surface area contributed by atoms with Crippen molar-refractivity contribution < 1.29 is 9.13 Å². The van der Waals surface area contributed by atoms with Crippen molar-refractivity contribution in [1.82, 2.24) is 24.7 Å². The minimum Gasteiger partial charge on any atom is -0.497 e. The van der Waals surface area contributed by atoms with Gasteiger partial charge >= 0.3 is 0 Å². The van der Waals surface area contributed by atoms with Crippen molar-refractivity contribution in [2.24, 2.45) is 0 Å². The molecule has 5 rings (SSSR count). The lowest BCUT2D eigenvalue weighted by molar-refractivity contribution is 0.415. The van der Waals surface area contributed by atoms with E-state index >= 15 is 0 Å². The Hall–Kier alpha value is -4.53. The van der Waals surface area contributed by atoms with Gasteiger partial charge in [0.2, 0.25) is 5.95 Å². The third-order valence-electron chi connectivity index (χ3n) is 5.36. The van der Waals surface area contributed by atoms with Crippen LogP contribution in [0.25, 0.3) is 28.0 Å². The van der Waals surface area contributed by atoms with Crippen molar-refractivity contribution in [2.45, 2.75) is 6.42 Å². The van der Waals surface area contributed by atoms with E-state index < -0.39 is 0 Å². The van der Waals surface area contributed by atoms with Gasteiger partial charge < -0.3 is 15.8 Å². The number of ether oxygens (including phenoxy) is 1. The lowest BCUT2D eigenvalue weighted by Crippen LogP contribution is -2.09. The molecule has 0 radical (unpaired) electrons. The average molecular weight is 455 g/mol. The third-order valence-corrected chi connectivity index (χ3v) is 5.36. The number of fused-ring (bicyclic) bond motifs is 1. The number of aromatic nitrogens is 5. The summed E-state index contributed by atoms with van der Waals surface area (Å²) < 4.78 is 20.7. The smallest absolute Gasteiger partial charge is 0.225 e. The average Bonchev–Trinajstić information content (AvgIpc) is 3.20. The fraction of sp³-hybridized carbons (Fsp3) is 0.120. The van der Waals surface area contributed by atoms with Gasteiger partial charge in [0, 0.05) is 30.4 Å². The second kappa shape index (κ2) is 9.14. The monoisotopic (exact) mass is 455 g/mol. The molecule has 3 heterocycles. The van der Waals surface area contributed by atoms with Crippen LogP contribution < -0.4 is 15.8 Å². The van der Waals surface area contributed by atoms with Crippen molar-refractivity contribution in [3.8, 4) is 22.7 Å². The number of benzene rings is 2. The summed E-state index contributed by atoms with van der Waals surface area (Å²) >= 11 is 0. The zero-order valence-corrected chi connectivity index (χ0v) is 18.4. The Morgan fingerprint density at radius 3 is 2.71 bits per heavy atom. The third kappa shape index (κ3) is 4.23. The van der Waals surface area contributed by atoms with Crippen molar-refractivity contribution >= 4 is 22.8 Å². The quantitative estimate of drug-likeness (QED) is 0.378. The highest BCUT2D eigenvalue weighted by Crippen LogP contribution is 2.34. The first-order chi connectivity index (χ1) is 16.6. The molecular weight excluding hydrogens is 433 g/mol. The predicted molar refractivity (Wildman–Crippen MR) is 129 cm³/mol. The molecule has 0 saturated carbocycles. The van der Waals surface area contributed by atoms with Gasteiger partial charge in [-0.05, 0) is 42.5 Å². The first-order valence-corrected chi connectivity index (χ1v) is 10.7. The van der Waals surface area contributed by atoms with E-state index in [4.69, 9.17) is 15.5 Å². The molecular formula is C25H22FN7O. The summed E-state index contributed by atoms with van der Waals surface area (Å²) in [6.45, 7) is 0.583. The number of nitrogens with one attached hydrogen (secondary N) is 1. The molecule has 2 aromatic carbocycles. The van der Waals surface area contributed by atoms with Crippen molar-refractivity contribution in [3.05, 3.63) is 84.4 Å². The molecule has 0 aliphatic heterocycles. The normalized spacial score (nSPS) is 11.0. The molecule has 0 fully saturated rings. The molecule has 3 N–H and O–H groups in total. The lowest BCUT2D eigenvalue weighted by Gasteiger charge is -2.09. The summed E-state index contributed by atoms with van der Waals surface area (Å²) in [5.41, 5.74) is 9.75. The van der Waals surface area contributed by atoms with Crippen LogP contribution in [0.15, 0.2) is 72.9 Å². The van der Waals surface area contributed by atoms with Gasteiger partial charge in [0.15, 0.2) is 5.65 Å². The van der Waals surface area contributed by atoms with Crippen LogP contribution in [-0.2, 0) is 6.42 Å². The largest absolute Gasteiger partial charge is 0.497 e. The zero-order chi connectivity index (χ0) is 23.5. The maximum Gasteiger partial charge on any atom is 0.225 e. The number of hydrogen-bond donors (Lipinski definition) is 2. The van der Waals surface area contributed by atoms with Gasteiger partial charge in [-0.15, -0.1) is 5.10 Å². The standard InChI is InChI=1S/C25H22FN7O/c1-34-20-10-4-6-16(14-20)22-21-23(27)33(19-9-5-7-17(26)15-19)32-24(21)31-25(30-22)29-13-11-18-8-2-3-12-28-18/h2-10,12,14-15H,11,13,27H2,1H3,(H,29,31,32). The fourth-order valence-electron chi connectivity index (χ4n) is 3.72. The van der Waals surface area contributed by atoms with Gasteiger partial charge in [-0.2, -0.15) is 4.98 Å². The first kappa shape index (κ1) is 21.3. The summed E-state index contributed by atoms with van der Waals surface area (Å²) in [6, 6.07) is 19.4. The van der Waals surface area contributed by atoms with Crippen molar-refractivity contribution in [2.75, 3.05) is 24.7 Å². The number of nitrogen functional groups attached to an aromatic ring is 1. The maximum absolute atomic E-state index is 13.9. The number of halogens is 1. The number of anilines is 2. The highest BCUT2D eigenvalue weighted by atomic mass is 19.1. The SMILES string of the molecule is COc1cccc(-c2nc(NCCc3ccccn3)nc3nn(-c4cccc(F)c4)c(N)c23)c1. The lowest BCUT2D eigenvalue weighted by atomic mass is 10.1. The molecule has 0 aliphatic carbocycles. The Labute approximate surface area is 195 Å². The van der Waals surface area contributed by atoms with Crippen LogP contribution >= 0.6 is 0 Å². The molecule has 3 aromatic heterocycles. The van der Waals surface area contributed by atoms with E-state index in [1.807, 2.05) is 42.5 Å². The summed E-state index contributed by atoms with van der Waals surface area (Å²) in [5, 5.41) is 8.40. The molecule has 9 heteroatoms. The summed E-state index contributed by atoms with van der Waals surface area (Å²) in [6.07, 6.45) is 2.47. The number of nitrogens with two attached hydrogens (primary N) is 1. The van der Waals surface area contributed by atoms with E-state index in [9.17, 15) is 4.39 Å². The zero-order valence-electron chi connectivity index (χ0n) is 18.4. The maximum atomic E-state index is 13.9. The highest BCUT2D eigenvalue weighted by Gasteiger charge is 2.19. The Bertz CT molecular complexity index is 1450. The molecule has 34 heavy (non-hydrogen) atoms. The number of nitrogens with zero attached hydrogens (tertiary/aromatic N) is 5. The van der Waals surface area contributed by atoms with Crippen molar-refractivity contribution in [1.29, 1.82) is 0 Å². The number of methoxy groups -OCH3 is 1. The molecule has 0 unspecified atom stereocenters. The van der Waals surface area contributed by atoms with Crippen LogP contribution in [0.2, 0.25) is 0 Å². The second-order valence-corrected chi connectivity index (χ2v) is 7.60. The minimum atomic E-state index is -0.382. The first-order valence-electron chi connectivity index (χ1n) is 10.7. The van der Waals surface area contributed by atoms with E-state index in [-0.39, 0.29) is 5.82 Å². The Morgan fingerprint density at radius 2 is 1.91 bits per heavy atom. The molecule has 5 aromatic rings. The molecule has 0 spiro atoms. The van der Waals surface area contributed by atoms with E-state index in [0.29, 0.717) is 52.9 Å². The van der Waals surface area contributed by atoms with Gasteiger partial charge in [0.25, 0.3) is 0 Å². The van der Waals surface area contributed by atoms with Gasteiger partial charge in [0.1, 0.15) is 17.4 Å². The Balaban J connectivity index is 1.59. The van der Waals surface area contributed by atoms with Crippen LogP contribution in [0, 0.1) is 5.82 Å². The second-order valence-electron chi connectivity index (χ2n) is 7.60. The fourth-order valence-corrected chi connectivity index (χ4v) is 3.72. The number of hydrogen-bond acceptors (Lipinski definition) is 7. The number of rotatable bonds is 7. The van der Waals surface area contributed by atoms with Crippen LogP contribution in [0.5, 0.6) is 5.75 Å². The molecule has 0 atom stereocenters. The van der Waals surface area contributed by atoms with E-state index in [0.717, 1.165) is 11.3 Å². The topological polar surface area (TPSA) is 104 Å². The minimum absolute atomic E-state index is 0.318. The van der Waals surface area contributed by atoms with Gasteiger partial charge in [0.05, 0.1) is 23.9 Å². The molecule has 0 aliphatic rings. The molecule has 8 nitrogen and oxygen atoms in total. The molecule has 0 saturated heterocycles. The van der Waals surface area contributed by atoms with Gasteiger partial charge in [-0.3, -0.25) is 4.98 Å². The van der Waals surface area contributed by atoms with E-state index in [2.05, 4.69) is 20.4 Å². The van der Waals surface area contributed by atoms with E-state index in [1.165, 1.54) is 16.8 Å². The van der Waals surface area contributed by atoms with Gasteiger partial charge in [-0.25, -0.2) is 14.1 Å². The predicted octanol–water partition coefficient (Wildman–Crippen LogP) is 4.26. The van der Waals surface area contributed by atoms with Crippen LogP contribution in [0.3, 0.4) is 0 Å². The number of pyridine rings is 1. The Morgan fingerprint density at radius 1 is 1.03 bits per heavy atom. The van der Waals surface area contributed by atoms with Crippen LogP contribution in [0.1, 0.15) is 5.69 Å². The van der Waals surface area contributed by atoms with Gasteiger partial charge in [-0.1, -0.05) is 24.3 Å². The van der Waals surface area contributed by atoms with Crippen molar-refractivity contribution in [3.63, 3.8) is 0 Å². The summed E-state index contributed by atoms with van der Waals surface area (Å²) in [5.74, 6) is 1.03. The molecule has 170 valence electrons. The summed E-state index contributed by atoms with van der Waals surface area (Å²) in [7, 11) is 1.61.